The first-order chi connectivity index (χ1) is 7.76. The average molecular weight is 256 g/mol. The Kier molecular flexibility index (Phi) is 3.89. The van der Waals surface area contributed by atoms with Gasteiger partial charge in [0.2, 0.25) is 0 Å². The molecule has 0 bridgehead atoms. The highest BCUT2D eigenvalue weighted by atomic mass is 32.2. The third-order valence-corrected chi connectivity index (χ3v) is 4.77. The summed E-state index contributed by atoms with van der Waals surface area (Å²) in [6.07, 6.45) is 3.15. The monoisotopic (exact) mass is 256 g/mol. The summed E-state index contributed by atoms with van der Waals surface area (Å²) in [4.78, 5) is 5.50. The molecule has 0 aliphatic heterocycles. The van der Waals surface area contributed by atoms with Crippen molar-refractivity contribution in [3.05, 3.63) is 17.3 Å². The standard InChI is InChI=1S/C11H16N2OS2/c1-3-8(2)7-16-10-9(6-14)13-4-5-15-11(13)12-10/h4-5,8,14H,3,6-7H2,1-2H3. The lowest BCUT2D eigenvalue weighted by Crippen LogP contribution is -1.97. The molecular formula is C11H16N2OS2. The molecule has 2 aromatic rings. The van der Waals surface area contributed by atoms with Gasteiger partial charge in [0.15, 0.2) is 4.96 Å². The maximum absolute atomic E-state index is 9.38. The van der Waals surface area contributed by atoms with Gasteiger partial charge in [0, 0.05) is 17.3 Å². The quantitative estimate of drug-likeness (QED) is 0.836. The molecule has 0 radical (unpaired) electrons. The van der Waals surface area contributed by atoms with Gasteiger partial charge in [-0.05, 0) is 5.92 Å². The smallest absolute Gasteiger partial charge is 0.195 e. The number of hydrogen-bond acceptors (Lipinski definition) is 4. The fourth-order valence-corrected chi connectivity index (χ4v) is 3.36. The Bertz CT molecular complexity index is 463. The molecule has 1 atom stereocenters. The molecule has 1 N–H and O–H groups in total. The second-order valence-electron chi connectivity index (χ2n) is 3.90. The van der Waals surface area contributed by atoms with Crippen molar-refractivity contribution in [1.82, 2.24) is 9.38 Å². The Labute approximate surface area is 104 Å². The van der Waals surface area contributed by atoms with Crippen LogP contribution in [0.1, 0.15) is 26.0 Å². The van der Waals surface area contributed by atoms with Crippen LogP contribution < -0.4 is 0 Å². The van der Waals surface area contributed by atoms with Crippen molar-refractivity contribution in [3.63, 3.8) is 0 Å². The first kappa shape index (κ1) is 12.0. The first-order valence-electron chi connectivity index (χ1n) is 5.44. The van der Waals surface area contributed by atoms with E-state index in [2.05, 4.69) is 18.8 Å². The number of aromatic nitrogens is 2. The Morgan fingerprint density at radius 2 is 2.44 bits per heavy atom. The molecule has 0 aliphatic carbocycles. The molecule has 2 rings (SSSR count). The summed E-state index contributed by atoms with van der Waals surface area (Å²) in [5.41, 5.74) is 0.921. The van der Waals surface area contributed by atoms with Crippen LogP contribution in [-0.4, -0.2) is 20.2 Å². The van der Waals surface area contributed by atoms with Crippen molar-refractivity contribution < 1.29 is 5.11 Å². The summed E-state index contributed by atoms with van der Waals surface area (Å²) in [5, 5.41) is 12.3. The Morgan fingerprint density at radius 3 is 3.12 bits per heavy atom. The maximum atomic E-state index is 9.38. The second kappa shape index (κ2) is 5.21. The number of thioether (sulfide) groups is 1. The van der Waals surface area contributed by atoms with Gasteiger partial charge in [-0.25, -0.2) is 4.98 Å². The van der Waals surface area contributed by atoms with Crippen LogP contribution in [0.3, 0.4) is 0 Å². The van der Waals surface area contributed by atoms with Gasteiger partial charge in [0.1, 0.15) is 5.03 Å². The van der Waals surface area contributed by atoms with Crippen LogP contribution >= 0.6 is 23.1 Å². The van der Waals surface area contributed by atoms with Crippen molar-refractivity contribution in [2.45, 2.75) is 31.9 Å². The van der Waals surface area contributed by atoms with Gasteiger partial charge < -0.3 is 5.11 Å². The number of aliphatic hydroxyl groups excluding tert-OH is 1. The molecule has 5 heteroatoms. The van der Waals surface area contributed by atoms with Gasteiger partial charge >= 0.3 is 0 Å². The topological polar surface area (TPSA) is 37.5 Å². The fourth-order valence-electron chi connectivity index (χ4n) is 1.41. The number of nitrogens with zero attached hydrogens (tertiary/aromatic N) is 2. The lowest BCUT2D eigenvalue weighted by molar-refractivity contribution is 0.272. The summed E-state index contributed by atoms with van der Waals surface area (Å²) in [6.45, 7) is 4.49. The van der Waals surface area contributed by atoms with Crippen LogP contribution in [0.25, 0.3) is 4.96 Å². The molecule has 2 aromatic heterocycles. The van der Waals surface area contributed by atoms with Crippen molar-refractivity contribution in [1.29, 1.82) is 0 Å². The van der Waals surface area contributed by atoms with Gasteiger partial charge in [0.25, 0.3) is 0 Å². The predicted molar refractivity (Wildman–Crippen MR) is 69.2 cm³/mol. The molecule has 0 fully saturated rings. The van der Waals surface area contributed by atoms with Gasteiger partial charge in [0.05, 0.1) is 12.3 Å². The summed E-state index contributed by atoms with van der Waals surface area (Å²) in [5.74, 6) is 1.75. The van der Waals surface area contributed by atoms with E-state index in [0.29, 0.717) is 5.92 Å². The lowest BCUT2D eigenvalue weighted by atomic mass is 10.2. The minimum atomic E-state index is 0.0563. The van der Waals surface area contributed by atoms with Gasteiger partial charge in [-0.15, -0.1) is 23.1 Å². The first-order valence-corrected chi connectivity index (χ1v) is 7.30. The van der Waals surface area contributed by atoms with Crippen molar-refractivity contribution in [2.24, 2.45) is 5.92 Å². The molecule has 0 saturated heterocycles. The summed E-state index contributed by atoms with van der Waals surface area (Å²) in [7, 11) is 0. The number of hydrogen-bond donors (Lipinski definition) is 1. The predicted octanol–water partition coefficient (Wildman–Crippen LogP) is 3.03. The SMILES string of the molecule is CCC(C)CSc1nc2sccn2c1CO. The van der Waals surface area contributed by atoms with Crippen LogP contribution in [0.4, 0.5) is 0 Å². The van der Waals surface area contributed by atoms with E-state index in [9.17, 15) is 5.11 Å². The van der Waals surface area contributed by atoms with Crippen LogP contribution in [0.2, 0.25) is 0 Å². The minimum Gasteiger partial charge on any atom is -0.390 e. The van der Waals surface area contributed by atoms with Crippen LogP contribution in [0, 0.1) is 5.92 Å². The van der Waals surface area contributed by atoms with E-state index in [1.807, 2.05) is 16.0 Å². The Balaban J connectivity index is 2.19. The van der Waals surface area contributed by atoms with Crippen molar-refractivity contribution in [3.8, 4) is 0 Å². The fraction of sp³-hybridized carbons (Fsp3) is 0.545. The van der Waals surface area contributed by atoms with Crippen LogP contribution in [0.5, 0.6) is 0 Å². The number of rotatable bonds is 5. The number of aliphatic hydroxyl groups is 1. The molecule has 0 aromatic carbocycles. The summed E-state index contributed by atoms with van der Waals surface area (Å²) >= 11 is 3.35. The zero-order valence-electron chi connectivity index (χ0n) is 9.51. The molecule has 2 heterocycles. The second-order valence-corrected chi connectivity index (χ2v) is 5.78. The largest absolute Gasteiger partial charge is 0.390 e. The number of thiazole rings is 1. The van der Waals surface area contributed by atoms with E-state index in [0.717, 1.165) is 21.4 Å². The summed E-state index contributed by atoms with van der Waals surface area (Å²) < 4.78 is 1.98. The van der Waals surface area contributed by atoms with Gasteiger partial charge in [-0.1, -0.05) is 20.3 Å². The molecule has 1 unspecified atom stereocenters. The molecule has 88 valence electrons. The van der Waals surface area contributed by atoms with E-state index in [-0.39, 0.29) is 6.61 Å². The zero-order chi connectivity index (χ0) is 11.5. The highest BCUT2D eigenvalue weighted by Gasteiger charge is 2.13. The number of fused-ring (bicyclic) bond motifs is 1. The molecule has 0 saturated carbocycles. The van der Waals surface area contributed by atoms with Gasteiger partial charge in [-0.2, -0.15) is 0 Å². The van der Waals surface area contributed by atoms with Crippen LogP contribution in [-0.2, 0) is 6.61 Å². The van der Waals surface area contributed by atoms with E-state index in [1.165, 1.54) is 6.42 Å². The normalized spacial score (nSPS) is 13.4. The summed E-state index contributed by atoms with van der Waals surface area (Å²) in [6, 6.07) is 0. The molecule has 0 amide bonds. The van der Waals surface area contributed by atoms with Gasteiger partial charge in [-0.3, -0.25) is 4.40 Å². The van der Waals surface area contributed by atoms with E-state index in [1.54, 1.807) is 23.1 Å². The third-order valence-electron chi connectivity index (χ3n) is 2.68. The molecule has 0 spiro atoms. The Morgan fingerprint density at radius 1 is 1.62 bits per heavy atom. The average Bonchev–Trinajstić information content (AvgIpc) is 2.84. The highest BCUT2D eigenvalue weighted by molar-refractivity contribution is 7.99. The molecule has 3 nitrogen and oxygen atoms in total. The Hall–Kier alpha value is -0.520. The van der Waals surface area contributed by atoms with Crippen molar-refractivity contribution >= 4 is 28.1 Å². The molecule has 16 heavy (non-hydrogen) atoms. The third kappa shape index (κ3) is 2.26. The zero-order valence-corrected chi connectivity index (χ0v) is 11.1. The van der Waals surface area contributed by atoms with E-state index < -0.39 is 0 Å². The van der Waals surface area contributed by atoms with Crippen LogP contribution in [0.15, 0.2) is 16.6 Å². The van der Waals surface area contributed by atoms with Crippen molar-refractivity contribution in [2.75, 3.05) is 5.75 Å². The number of imidazole rings is 1. The minimum absolute atomic E-state index is 0.0563. The van der Waals surface area contributed by atoms with E-state index in [4.69, 9.17) is 0 Å². The molecular weight excluding hydrogens is 240 g/mol. The lowest BCUT2D eigenvalue weighted by Gasteiger charge is -2.06. The molecule has 0 aliphatic rings. The highest BCUT2D eigenvalue weighted by Crippen LogP contribution is 2.27. The van der Waals surface area contributed by atoms with E-state index >= 15 is 0 Å². The maximum Gasteiger partial charge on any atom is 0.195 e.